The Bertz CT molecular complexity index is 510. The van der Waals surface area contributed by atoms with E-state index in [1.807, 2.05) is 11.8 Å². The van der Waals surface area contributed by atoms with Crippen LogP contribution in [0.2, 0.25) is 0 Å². The summed E-state index contributed by atoms with van der Waals surface area (Å²) in [4.78, 5) is 25.6. The fraction of sp³-hybridized carbons (Fsp3) is 0.500. The highest BCUT2D eigenvalue weighted by Crippen LogP contribution is 2.14. The number of amides is 2. The van der Waals surface area contributed by atoms with E-state index in [1.54, 1.807) is 24.3 Å². The summed E-state index contributed by atoms with van der Waals surface area (Å²) in [6.45, 7) is 5.42. The second-order valence-electron chi connectivity index (χ2n) is 5.50. The van der Waals surface area contributed by atoms with Crippen LogP contribution in [0.4, 0.5) is 0 Å². The van der Waals surface area contributed by atoms with Crippen LogP contribution in [-0.4, -0.2) is 42.9 Å². The quantitative estimate of drug-likeness (QED) is 0.856. The third-order valence-corrected chi connectivity index (χ3v) is 3.94. The van der Waals surface area contributed by atoms with E-state index in [0.717, 1.165) is 32.5 Å². The van der Waals surface area contributed by atoms with E-state index in [1.165, 1.54) is 0 Å². The van der Waals surface area contributed by atoms with Gasteiger partial charge >= 0.3 is 0 Å². The van der Waals surface area contributed by atoms with Gasteiger partial charge in [-0.1, -0.05) is 6.07 Å². The molecule has 3 N–H and O–H groups in total. The molecule has 21 heavy (non-hydrogen) atoms. The minimum Gasteiger partial charge on any atom is -0.366 e. The van der Waals surface area contributed by atoms with Gasteiger partial charge in [-0.25, -0.2) is 0 Å². The number of benzene rings is 1. The number of carbonyl (C=O) groups is 2. The van der Waals surface area contributed by atoms with Crippen molar-refractivity contribution >= 4 is 11.8 Å². The second-order valence-corrected chi connectivity index (χ2v) is 5.50. The van der Waals surface area contributed by atoms with Crippen LogP contribution in [0.25, 0.3) is 0 Å². The number of hydrogen-bond donors (Lipinski definition) is 2. The lowest BCUT2D eigenvalue weighted by Crippen LogP contribution is -2.41. The number of primary amides is 1. The molecule has 2 rings (SSSR count). The van der Waals surface area contributed by atoms with Crippen LogP contribution in [0.3, 0.4) is 0 Å². The molecule has 1 unspecified atom stereocenters. The van der Waals surface area contributed by atoms with Crippen LogP contribution < -0.4 is 11.1 Å². The van der Waals surface area contributed by atoms with Crippen molar-refractivity contribution in [1.29, 1.82) is 0 Å². The first kappa shape index (κ1) is 15.5. The molecule has 1 fully saturated rings. The van der Waals surface area contributed by atoms with Gasteiger partial charge in [-0.2, -0.15) is 0 Å². The predicted octanol–water partition coefficient (Wildman–Crippen LogP) is 1.25. The van der Waals surface area contributed by atoms with Gasteiger partial charge in [0.25, 0.3) is 5.91 Å². The smallest absolute Gasteiger partial charge is 0.253 e. The molecule has 5 heteroatoms. The van der Waals surface area contributed by atoms with E-state index >= 15 is 0 Å². The van der Waals surface area contributed by atoms with Crippen molar-refractivity contribution in [1.82, 2.24) is 10.2 Å². The number of nitrogens with two attached hydrogens (primary N) is 1. The Labute approximate surface area is 125 Å². The highest BCUT2D eigenvalue weighted by atomic mass is 16.2. The molecule has 0 aromatic heterocycles. The van der Waals surface area contributed by atoms with E-state index in [9.17, 15) is 9.59 Å². The van der Waals surface area contributed by atoms with Crippen molar-refractivity contribution in [3.05, 3.63) is 35.4 Å². The van der Waals surface area contributed by atoms with Crippen molar-refractivity contribution in [3.8, 4) is 0 Å². The average Bonchev–Trinajstić information content (AvgIpc) is 2.53. The van der Waals surface area contributed by atoms with Gasteiger partial charge < -0.3 is 16.0 Å². The number of nitrogens with one attached hydrogen (secondary N) is 1. The Morgan fingerprint density at radius 2 is 2.14 bits per heavy atom. The lowest BCUT2D eigenvalue weighted by Gasteiger charge is -2.29. The van der Waals surface area contributed by atoms with Crippen LogP contribution in [0.15, 0.2) is 24.3 Å². The fourth-order valence-electron chi connectivity index (χ4n) is 2.74. The number of nitrogens with zero attached hydrogens (tertiary/aromatic N) is 1. The zero-order chi connectivity index (χ0) is 15.2. The molecule has 2 amide bonds. The van der Waals surface area contributed by atoms with Crippen molar-refractivity contribution in [3.63, 3.8) is 0 Å². The van der Waals surface area contributed by atoms with Crippen LogP contribution in [0.5, 0.6) is 0 Å². The SMILES string of the molecule is CCN(CC1CCCNC1)C(=O)c1cccc(C(N)=O)c1. The third kappa shape index (κ3) is 4.04. The Morgan fingerprint density at radius 3 is 2.76 bits per heavy atom. The topological polar surface area (TPSA) is 75.4 Å². The van der Waals surface area contributed by atoms with Gasteiger partial charge in [0.1, 0.15) is 0 Å². The summed E-state index contributed by atoms with van der Waals surface area (Å²) >= 11 is 0. The summed E-state index contributed by atoms with van der Waals surface area (Å²) in [6, 6.07) is 6.63. The molecule has 0 bridgehead atoms. The van der Waals surface area contributed by atoms with Gasteiger partial charge in [-0.05, 0) is 57.0 Å². The van der Waals surface area contributed by atoms with Gasteiger partial charge in [0.2, 0.25) is 5.91 Å². The van der Waals surface area contributed by atoms with Crippen molar-refractivity contribution in [2.45, 2.75) is 19.8 Å². The molecule has 1 aromatic rings. The molecule has 0 saturated carbocycles. The minimum absolute atomic E-state index is 0.0360. The summed E-state index contributed by atoms with van der Waals surface area (Å²) in [5.41, 5.74) is 6.17. The molecule has 1 aromatic carbocycles. The van der Waals surface area contributed by atoms with Crippen molar-refractivity contribution in [2.24, 2.45) is 11.7 Å². The molecule has 1 atom stereocenters. The van der Waals surface area contributed by atoms with E-state index in [4.69, 9.17) is 5.73 Å². The summed E-state index contributed by atoms with van der Waals surface area (Å²) in [7, 11) is 0. The second kappa shape index (κ2) is 7.22. The monoisotopic (exact) mass is 289 g/mol. The average molecular weight is 289 g/mol. The van der Waals surface area contributed by atoms with Crippen molar-refractivity contribution in [2.75, 3.05) is 26.2 Å². The molecule has 114 valence electrons. The van der Waals surface area contributed by atoms with E-state index in [2.05, 4.69) is 5.32 Å². The summed E-state index contributed by atoms with van der Waals surface area (Å²) in [5.74, 6) is -0.0441. The van der Waals surface area contributed by atoms with Gasteiger partial charge in [-0.3, -0.25) is 9.59 Å². The number of hydrogen-bond acceptors (Lipinski definition) is 3. The first-order chi connectivity index (χ1) is 10.1. The first-order valence-corrected chi connectivity index (χ1v) is 7.51. The highest BCUT2D eigenvalue weighted by molar-refractivity contribution is 5.99. The van der Waals surface area contributed by atoms with Crippen molar-refractivity contribution < 1.29 is 9.59 Å². The molecule has 0 spiro atoms. The zero-order valence-corrected chi connectivity index (χ0v) is 12.5. The zero-order valence-electron chi connectivity index (χ0n) is 12.5. The third-order valence-electron chi connectivity index (χ3n) is 3.94. The van der Waals surface area contributed by atoms with Crippen LogP contribution in [-0.2, 0) is 0 Å². The summed E-state index contributed by atoms with van der Waals surface area (Å²) in [6.07, 6.45) is 2.31. The Kier molecular flexibility index (Phi) is 5.33. The number of rotatable bonds is 5. The normalized spacial score (nSPS) is 18.2. The molecule has 1 saturated heterocycles. The molecule has 1 aliphatic rings. The molecular formula is C16H23N3O2. The fourth-order valence-corrected chi connectivity index (χ4v) is 2.74. The lowest BCUT2D eigenvalue weighted by molar-refractivity contribution is 0.0729. The van der Waals surface area contributed by atoms with E-state index in [0.29, 0.717) is 23.6 Å². The minimum atomic E-state index is -0.510. The predicted molar refractivity (Wildman–Crippen MR) is 82.1 cm³/mol. The molecule has 5 nitrogen and oxygen atoms in total. The summed E-state index contributed by atoms with van der Waals surface area (Å²) in [5, 5.41) is 3.37. The Morgan fingerprint density at radius 1 is 1.38 bits per heavy atom. The maximum absolute atomic E-state index is 12.6. The first-order valence-electron chi connectivity index (χ1n) is 7.51. The molecule has 1 heterocycles. The standard InChI is InChI=1S/C16H23N3O2/c1-2-19(11-12-5-4-8-18-10-12)16(21)14-7-3-6-13(9-14)15(17)20/h3,6-7,9,12,18H,2,4-5,8,10-11H2,1H3,(H2,17,20). The van der Waals surface area contributed by atoms with E-state index in [-0.39, 0.29) is 5.91 Å². The number of carbonyl (C=O) groups excluding carboxylic acids is 2. The summed E-state index contributed by atoms with van der Waals surface area (Å²) < 4.78 is 0. The van der Waals surface area contributed by atoms with Gasteiger partial charge in [0, 0.05) is 24.2 Å². The number of piperidine rings is 1. The molecule has 1 aliphatic heterocycles. The van der Waals surface area contributed by atoms with Gasteiger partial charge in [0.15, 0.2) is 0 Å². The highest BCUT2D eigenvalue weighted by Gasteiger charge is 2.21. The Balaban J connectivity index is 2.08. The van der Waals surface area contributed by atoms with Crippen LogP contribution in [0.1, 0.15) is 40.5 Å². The molecular weight excluding hydrogens is 266 g/mol. The van der Waals surface area contributed by atoms with E-state index < -0.39 is 5.91 Å². The maximum Gasteiger partial charge on any atom is 0.253 e. The molecule has 0 aliphatic carbocycles. The van der Waals surface area contributed by atoms with Crippen LogP contribution in [0, 0.1) is 5.92 Å². The maximum atomic E-state index is 12.6. The lowest BCUT2D eigenvalue weighted by atomic mass is 9.98. The largest absolute Gasteiger partial charge is 0.366 e. The van der Waals surface area contributed by atoms with Gasteiger partial charge in [0.05, 0.1) is 0 Å². The molecule has 0 radical (unpaired) electrons. The van der Waals surface area contributed by atoms with Crippen LogP contribution >= 0.6 is 0 Å². The Hall–Kier alpha value is -1.88. The van der Waals surface area contributed by atoms with Gasteiger partial charge in [-0.15, -0.1) is 0 Å².